The Bertz CT molecular complexity index is 624. The van der Waals surface area contributed by atoms with Gasteiger partial charge in [0.15, 0.2) is 5.96 Å². The largest absolute Gasteiger partial charge is 0.444 e. The number of carbonyl (C=O) groups is 1. The highest BCUT2D eigenvalue weighted by molar-refractivity contribution is 14.0. The Morgan fingerprint density at radius 2 is 2.00 bits per heavy atom. The summed E-state index contributed by atoms with van der Waals surface area (Å²) < 4.78 is 7.36. The molecule has 1 heterocycles. The fourth-order valence-electron chi connectivity index (χ4n) is 2.43. The zero-order valence-corrected chi connectivity index (χ0v) is 20.7. The number of halogens is 1. The molecule has 1 aromatic rings. The topological polar surface area (TPSA) is 83.8 Å². The Morgan fingerprint density at radius 3 is 2.54 bits per heavy atom. The quantitative estimate of drug-likeness (QED) is 0.244. The second-order valence-corrected chi connectivity index (χ2v) is 7.59. The fourth-order valence-corrected chi connectivity index (χ4v) is 2.43. The van der Waals surface area contributed by atoms with E-state index in [1.807, 2.05) is 39.3 Å². The summed E-state index contributed by atoms with van der Waals surface area (Å²) in [5.41, 5.74) is 1.73. The maximum Gasteiger partial charge on any atom is 0.410 e. The molecular formula is C19H37IN6O2. The predicted molar refractivity (Wildman–Crippen MR) is 125 cm³/mol. The first-order valence-corrected chi connectivity index (χ1v) is 9.59. The number of likely N-dealkylation sites (N-methyl/N-ethyl adjacent to an activating group) is 1. The van der Waals surface area contributed by atoms with Crippen LogP contribution in [0.3, 0.4) is 0 Å². The van der Waals surface area contributed by atoms with Gasteiger partial charge in [0.1, 0.15) is 5.60 Å². The van der Waals surface area contributed by atoms with E-state index < -0.39 is 5.60 Å². The SMILES string of the molecule is CCNC(=NCCCn1nc(C)cc1C)NCCN(C)C(=O)OC(C)(C)C.I. The molecule has 0 spiro atoms. The van der Waals surface area contributed by atoms with Gasteiger partial charge < -0.3 is 20.3 Å². The van der Waals surface area contributed by atoms with Gasteiger partial charge in [-0.2, -0.15) is 5.10 Å². The minimum absolute atomic E-state index is 0. The van der Waals surface area contributed by atoms with Crippen LogP contribution in [0.5, 0.6) is 0 Å². The summed E-state index contributed by atoms with van der Waals surface area (Å²) in [7, 11) is 1.73. The first-order chi connectivity index (χ1) is 12.6. The molecule has 0 saturated heterocycles. The number of aromatic nitrogens is 2. The van der Waals surface area contributed by atoms with E-state index in [1.54, 1.807) is 11.9 Å². The van der Waals surface area contributed by atoms with E-state index in [4.69, 9.17) is 4.74 Å². The van der Waals surface area contributed by atoms with Crippen LogP contribution in [-0.4, -0.2) is 65.6 Å². The number of nitrogens with zero attached hydrogens (tertiary/aromatic N) is 4. The van der Waals surface area contributed by atoms with E-state index in [0.717, 1.165) is 31.2 Å². The molecule has 0 bridgehead atoms. The Hall–Kier alpha value is -1.52. The number of ether oxygens (including phenoxy) is 1. The lowest BCUT2D eigenvalue weighted by atomic mass is 10.2. The highest BCUT2D eigenvalue weighted by Gasteiger charge is 2.19. The summed E-state index contributed by atoms with van der Waals surface area (Å²) in [6, 6.07) is 2.08. The van der Waals surface area contributed by atoms with Crippen LogP contribution in [0.25, 0.3) is 0 Å². The van der Waals surface area contributed by atoms with Gasteiger partial charge in [0.2, 0.25) is 0 Å². The molecule has 0 aromatic carbocycles. The predicted octanol–water partition coefficient (Wildman–Crippen LogP) is 2.93. The molecule has 0 radical (unpaired) electrons. The standard InChI is InChI=1S/C19H36N6O2.HI/c1-8-20-17(21-10-9-12-25-16(3)14-15(2)23-25)22-11-13-24(7)18(26)27-19(4,5)6;/h14H,8-13H2,1-7H3,(H2,20,21,22);1H. The average Bonchev–Trinajstić information content (AvgIpc) is 2.87. The average molecular weight is 508 g/mol. The highest BCUT2D eigenvalue weighted by atomic mass is 127. The summed E-state index contributed by atoms with van der Waals surface area (Å²) in [6.45, 7) is 15.1. The molecule has 2 N–H and O–H groups in total. The Morgan fingerprint density at radius 1 is 1.32 bits per heavy atom. The molecule has 162 valence electrons. The summed E-state index contributed by atoms with van der Waals surface area (Å²) >= 11 is 0. The smallest absolute Gasteiger partial charge is 0.410 e. The van der Waals surface area contributed by atoms with E-state index >= 15 is 0 Å². The normalized spacial score (nSPS) is 11.6. The van der Waals surface area contributed by atoms with Crippen LogP contribution in [0.1, 0.15) is 45.5 Å². The second-order valence-electron chi connectivity index (χ2n) is 7.59. The second kappa shape index (κ2) is 12.8. The van der Waals surface area contributed by atoms with Gasteiger partial charge in [0.05, 0.1) is 5.69 Å². The van der Waals surface area contributed by atoms with Gasteiger partial charge in [-0.3, -0.25) is 9.67 Å². The van der Waals surface area contributed by atoms with Crippen molar-refractivity contribution in [3.05, 3.63) is 17.5 Å². The zero-order valence-electron chi connectivity index (χ0n) is 18.3. The van der Waals surface area contributed by atoms with Crippen LogP contribution in [0.2, 0.25) is 0 Å². The van der Waals surface area contributed by atoms with Crippen molar-refractivity contribution in [3.63, 3.8) is 0 Å². The monoisotopic (exact) mass is 508 g/mol. The maximum atomic E-state index is 12.0. The number of amides is 1. The third kappa shape index (κ3) is 10.7. The Balaban J connectivity index is 0.00000729. The van der Waals surface area contributed by atoms with Crippen LogP contribution in [-0.2, 0) is 11.3 Å². The number of hydrogen-bond donors (Lipinski definition) is 2. The number of hydrogen-bond acceptors (Lipinski definition) is 4. The van der Waals surface area contributed by atoms with Crippen molar-refractivity contribution in [3.8, 4) is 0 Å². The number of rotatable bonds is 8. The van der Waals surface area contributed by atoms with E-state index in [0.29, 0.717) is 19.6 Å². The molecule has 0 atom stereocenters. The molecule has 0 unspecified atom stereocenters. The first kappa shape index (κ1) is 26.5. The fraction of sp³-hybridized carbons (Fsp3) is 0.737. The van der Waals surface area contributed by atoms with Crippen LogP contribution >= 0.6 is 24.0 Å². The van der Waals surface area contributed by atoms with Gasteiger partial charge in [-0.05, 0) is 54.0 Å². The van der Waals surface area contributed by atoms with Crippen molar-refractivity contribution in [2.45, 2.75) is 60.1 Å². The van der Waals surface area contributed by atoms with Gasteiger partial charge >= 0.3 is 6.09 Å². The van der Waals surface area contributed by atoms with Crippen LogP contribution in [0.15, 0.2) is 11.1 Å². The molecule has 0 aliphatic carbocycles. The third-order valence-corrected chi connectivity index (χ3v) is 3.69. The summed E-state index contributed by atoms with van der Waals surface area (Å²) in [4.78, 5) is 18.1. The number of nitrogens with one attached hydrogen (secondary N) is 2. The van der Waals surface area contributed by atoms with E-state index in [-0.39, 0.29) is 30.1 Å². The lowest BCUT2D eigenvalue weighted by Crippen LogP contribution is -2.43. The molecule has 0 saturated carbocycles. The zero-order chi connectivity index (χ0) is 20.4. The van der Waals surface area contributed by atoms with Crippen LogP contribution in [0, 0.1) is 13.8 Å². The Labute approximate surface area is 186 Å². The van der Waals surface area contributed by atoms with Crippen molar-refractivity contribution < 1.29 is 9.53 Å². The van der Waals surface area contributed by atoms with E-state index in [2.05, 4.69) is 33.7 Å². The summed E-state index contributed by atoms with van der Waals surface area (Å²) in [5.74, 6) is 0.753. The Kier molecular flexibility index (Phi) is 12.1. The van der Waals surface area contributed by atoms with Crippen molar-refractivity contribution in [2.75, 3.05) is 33.2 Å². The minimum Gasteiger partial charge on any atom is -0.444 e. The summed E-state index contributed by atoms with van der Waals surface area (Å²) in [6.07, 6.45) is 0.590. The van der Waals surface area contributed by atoms with E-state index in [1.165, 1.54) is 5.69 Å². The summed E-state index contributed by atoms with van der Waals surface area (Å²) in [5, 5.41) is 10.9. The van der Waals surface area contributed by atoms with Gasteiger partial charge in [-0.1, -0.05) is 0 Å². The number of aryl methyl sites for hydroxylation is 3. The molecule has 0 aliphatic rings. The maximum absolute atomic E-state index is 12.0. The van der Waals surface area contributed by atoms with Gasteiger partial charge in [-0.25, -0.2) is 4.79 Å². The molecule has 1 amide bonds. The first-order valence-electron chi connectivity index (χ1n) is 9.59. The molecule has 9 heteroatoms. The van der Waals surface area contributed by atoms with Crippen LogP contribution in [0.4, 0.5) is 4.79 Å². The van der Waals surface area contributed by atoms with Gasteiger partial charge in [0, 0.05) is 45.5 Å². The molecule has 28 heavy (non-hydrogen) atoms. The molecule has 8 nitrogen and oxygen atoms in total. The number of carbonyl (C=O) groups excluding carboxylic acids is 1. The lowest BCUT2D eigenvalue weighted by molar-refractivity contribution is 0.0302. The number of aliphatic imine (C=N–C) groups is 1. The molecule has 1 aromatic heterocycles. The van der Waals surface area contributed by atoms with Gasteiger partial charge in [0.25, 0.3) is 0 Å². The van der Waals surface area contributed by atoms with Crippen LogP contribution < -0.4 is 10.6 Å². The van der Waals surface area contributed by atoms with Crippen molar-refractivity contribution in [2.24, 2.45) is 4.99 Å². The van der Waals surface area contributed by atoms with Crippen molar-refractivity contribution in [1.82, 2.24) is 25.3 Å². The molecular weight excluding hydrogens is 471 g/mol. The minimum atomic E-state index is -0.485. The highest BCUT2D eigenvalue weighted by Crippen LogP contribution is 2.08. The number of guanidine groups is 1. The lowest BCUT2D eigenvalue weighted by Gasteiger charge is -2.24. The molecule has 1 rings (SSSR count). The van der Waals surface area contributed by atoms with Crippen molar-refractivity contribution >= 4 is 36.0 Å². The molecule has 0 aliphatic heterocycles. The van der Waals surface area contributed by atoms with Crippen molar-refractivity contribution in [1.29, 1.82) is 0 Å². The third-order valence-electron chi connectivity index (χ3n) is 3.69. The van der Waals surface area contributed by atoms with Gasteiger partial charge in [-0.15, -0.1) is 24.0 Å². The van der Waals surface area contributed by atoms with E-state index in [9.17, 15) is 4.79 Å². The molecule has 0 fully saturated rings.